The number of hydrogen-bond donors (Lipinski definition) is 2. The van der Waals surface area contributed by atoms with Gasteiger partial charge in [-0.2, -0.15) is 13.2 Å². The third-order valence-corrected chi connectivity index (χ3v) is 4.20. The summed E-state index contributed by atoms with van der Waals surface area (Å²) in [7, 11) is 0. The van der Waals surface area contributed by atoms with E-state index in [0.717, 1.165) is 38.3 Å². The Balaban J connectivity index is 2.00. The SMILES string of the molecule is CC(C)(O)c1cc(N2CCNCC2)nn1-c1ccc(C(F)(F)F)cc1. The molecule has 1 fully saturated rings. The quantitative estimate of drug-likeness (QED) is 0.889. The Hall–Kier alpha value is -2.06. The molecule has 136 valence electrons. The van der Waals surface area contributed by atoms with E-state index in [0.29, 0.717) is 17.2 Å². The van der Waals surface area contributed by atoms with Crippen LogP contribution in [-0.4, -0.2) is 41.1 Å². The van der Waals surface area contributed by atoms with Crippen LogP contribution in [0.15, 0.2) is 30.3 Å². The standard InChI is InChI=1S/C17H21F3N4O/c1-16(2,25)14-11-15(23-9-7-21-8-10-23)22-24(14)13-5-3-12(4-6-13)17(18,19)20/h3-6,11,21,25H,7-10H2,1-2H3. The molecule has 0 radical (unpaired) electrons. The van der Waals surface area contributed by atoms with Gasteiger partial charge in [-0.15, -0.1) is 5.10 Å². The van der Waals surface area contributed by atoms with Crippen molar-refractivity contribution in [2.75, 3.05) is 31.1 Å². The number of aromatic nitrogens is 2. The molecule has 0 amide bonds. The van der Waals surface area contributed by atoms with Crippen molar-refractivity contribution in [3.8, 4) is 5.69 Å². The maximum atomic E-state index is 12.8. The zero-order valence-electron chi connectivity index (χ0n) is 14.1. The predicted octanol–water partition coefficient (Wildman–Crippen LogP) is 2.53. The summed E-state index contributed by atoms with van der Waals surface area (Å²) < 4.78 is 39.8. The molecule has 1 aromatic heterocycles. The van der Waals surface area contributed by atoms with Crippen molar-refractivity contribution >= 4 is 5.82 Å². The van der Waals surface area contributed by atoms with Gasteiger partial charge in [-0.1, -0.05) is 0 Å². The summed E-state index contributed by atoms with van der Waals surface area (Å²) in [6, 6.07) is 6.58. The molecule has 2 N–H and O–H groups in total. The van der Waals surface area contributed by atoms with Crippen LogP contribution in [0.3, 0.4) is 0 Å². The summed E-state index contributed by atoms with van der Waals surface area (Å²) in [5, 5.41) is 18.2. The first-order chi connectivity index (χ1) is 11.7. The fraction of sp³-hybridized carbons (Fsp3) is 0.471. The van der Waals surface area contributed by atoms with Gasteiger partial charge in [0.15, 0.2) is 5.82 Å². The topological polar surface area (TPSA) is 53.3 Å². The first kappa shape index (κ1) is 17.8. The fourth-order valence-corrected chi connectivity index (χ4v) is 2.84. The maximum absolute atomic E-state index is 12.8. The van der Waals surface area contributed by atoms with Crippen LogP contribution in [0.4, 0.5) is 19.0 Å². The normalized spacial score (nSPS) is 16.3. The van der Waals surface area contributed by atoms with E-state index in [4.69, 9.17) is 0 Å². The highest BCUT2D eigenvalue weighted by atomic mass is 19.4. The van der Waals surface area contributed by atoms with Gasteiger partial charge in [0.1, 0.15) is 5.60 Å². The zero-order valence-corrected chi connectivity index (χ0v) is 14.1. The van der Waals surface area contributed by atoms with E-state index in [1.165, 1.54) is 16.8 Å². The molecule has 0 bridgehead atoms. The molecule has 0 saturated carbocycles. The van der Waals surface area contributed by atoms with E-state index in [2.05, 4.69) is 15.3 Å². The van der Waals surface area contributed by atoms with Gasteiger partial charge in [0, 0.05) is 32.2 Å². The van der Waals surface area contributed by atoms with E-state index in [9.17, 15) is 18.3 Å². The molecule has 0 atom stereocenters. The number of halogens is 3. The Morgan fingerprint density at radius 3 is 2.20 bits per heavy atom. The molecular formula is C17H21F3N4O. The molecule has 8 heteroatoms. The maximum Gasteiger partial charge on any atom is 0.416 e. The Kier molecular flexibility index (Phi) is 4.51. The molecule has 0 spiro atoms. The van der Waals surface area contributed by atoms with Gasteiger partial charge in [-0.05, 0) is 38.1 Å². The first-order valence-electron chi connectivity index (χ1n) is 8.12. The van der Waals surface area contributed by atoms with Crippen molar-refractivity contribution in [2.45, 2.75) is 25.6 Å². The number of benzene rings is 1. The number of nitrogens with zero attached hydrogens (tertiary/aromatic N) is 3. The zero-order chi connectivity index (χ0) is 18.2. The second kappa shape index (κ2) is 6.34. The molecule has 1 aliphatic heterocycles. The van der Waals surface area contributed by atoms with Crippen LogP contribution in [0.1, 0.15) is 25.1 Å². The minimum Gasteiger partial charge on any atom is -0.384 e. The largest absolute Gasteiger partial charge is 0.416 e. The Morgan fingerprint density at radius 1 is 1.08 bits per heavy atom. The van der Waals surface area contributed by atoms with Crippen LogP contribution >= 0.6 is 0 Å². The van der Waals surface area contributed by atoms with Crippen molar-refractivity contribution in [3.63, 3.8) is 0 Å². The van der Waals surface area contributed by atoms with Crippen molar-refractivity contribution < 1.29 is 18.3 Å². The number of hydrogen-bond acceptors (Lipinski definition) is 4. The molecule has 25 heavy (non-hydrogen) atoms. The van der Waals surface area contributed by atoms with Crippen LogP contribution in [-0.2, 0) is 11.8 Å². The Labute approximate surface area is 144 Å². The Bertz CT molecular complexity index is 726. The van der Waals surface area contributed by atoms with Crippen molar-refractivity contribution in [2.24, 2.45) is 0 Å². The van der Waals surface area contributed by atoms with Gasteiger partial charge in [0.05, 0.1) is 16.9 Å². The lowest BCUT2D eigenvalue weighted by Gasteiger charge is -2.27. The minimum absolute atomic E-state index is 0.478. The van der Waals surface area contributed by atoms with Gasteiger partial charge < -0.3 is 15.3 Å². The van der Waals surface area contributed by atoms with Gasteiger partial charge in [0.25, 0.3) is 0 Å². The highest BCUT2D eigenvalue weighted by molar-refractivity contribution is 5.46. The predicted molar refractivity (Wildman–Crippen MR) is 88.9 cm³/mol. The minimum atomic E-state index is -4.38. The van der Waals surface area contributed by atoms with E-state index >= 15 is 0 Å². The van der Waals surface area contributed by atoms with Crippen LogP contribution in [0, 0.1) is 0 Å². The summed E-state index contributed by atoms with van der Waals surface area (Å²) in [6.07, 6.45) is -4.38. The smallest absolute Gasteiger partial charge is 0.384 e. The molecule has 0 aliphatic carbocycles. The van der Waals surface area contributed by atoms with Gasteiger partial charge in [-0.3, -0.25) is 0 Å². The summed E-state index contributed by atoms with van der Waals surface area (Å²) in [5.41, 5.74) is -0.884. The third-order valence-electron chi connectivity index (χ3n) is 4.20. The molecule has 3 rings (SSSR count). The second-order valence-corrected chi connectivity index (χ2v) is 6.64. The number of nitrogens with one attached hydrogen (secondary N) is 1. The lowest BCUT2D eigenvalue weighted by Crippen LogP contribution is -2.43. The summed E-state index contributed by atoms with van der Waals surface area (Å²) >= 11 is 0. The van der Waals surface area contributed by atoms with Crippen LogP contribution in [0.2, 0.25) is 0 Å². The molecule has 0 unspecified atom stereocenters. The van der Waals surface area contributed by atoms with E-state index in [1.807, 2.05) is 0 Å². The van der Waals surface area contributed by atoms with Crippen molar-refractivity contribution in [1.82, 2.24) is 15.1 Å². The fourth-order valence-electron chi connectivity index (χ4n) is 2.84. The number of rotatable bonds is 3. The molecule has 1 aliphatic rings. The van der Waals surface area contributed by atoms with Gasteiger partial charge >= 0.3 is 6.18 Å². The number of anilines is 1. The first-order valence-corrected chi connectivity index (χ1v) is 8.12. The molecule has 1 aromatic carbocycles. The van der Waals surface area contributed by atoms with Gasteiger partial charge in [-0.25, -0.2) is 4.68 Å². The van der Waals surface area contributed by atoms with E-state index < -0.39 is 17.3 Å². The lowest BCUT2D eigenvalue weighted by molar-refractivity contribution is -0.137. The number of aliphatic hydroxyl groups is 1. The molecule has 1 saturated heterocycles. The summed E-state index contributed by atoms with van der Waals surface area (Å²) in [6.45, 7) is 6.51. The molecular weight excluding hydrogens is 333 g/mol. The highest BCUT2D eigenvalue weighted by Crippen LogP contribution is 2.31. The monoisotopic (exact) mass is 354 g/mol. The number of alkyl halides is 3. The number of piperazine rings is 1. The lowest BCUT2D eigenvalue weighted by atomic mass is 10.1. The highest BCUT2D eigenvalue weighted by Gasteiger charge is 2.31. The van der Waals surface area contributed by atoms with Gasteiger partial charge in [0.2, 0.25) is 0 Å². The van der Waals surface area contributed by atoms with Crippen molar-refractivity contribution in [1.29, 1.82) is 0 Å². The molecule has 2 heterocycles. The van der Waals surface area contributed by atoms with E-state index in [-0.39, 0.29) is 0 Å². The van der Waals surface area contributed by atoms with Crippen LogP contribution in [0.5, 0.6) is 0 Å². The average Bonchev–Trinajstić information content (AvgIpc) is 3.01. The van der Waals surface area contributed by atoms with Crippen LogP contribution in [0.25, 0.3) is 5.69 Å². The average molecular weight is 354 g/mol. The van der Waals surface area contributed by atoms with E-state index in [1.54, 1.807) is 19.9 Å². The second-order valence-electron chi connectivity index (χ2n) is 6.64. The molecule has 5 nitrogen and oxygen atoms in total. The Morgan fingerprint density at radius 2 is 1.68 bits per heavy atom. The third kappa shape index (κ3) is 3.80. The summed E-state index contributed by atoms with van der Waals surface area (Å²) in [5.74, 6) is 0.707. The molecule has 2 aromatic rings. The van der Waals surface area contributed by atoms with Crippen molar-refractivity contribution in [3.05, 3.63) is 41.6 Å². The van der Waals surface area contributed by atoms with Crippen LogP contribution < -0.4 is 10.2 Å². The summed E-state index contributed by atoms with van der Waals surface area (Å²) in [4.78, 5) is 2.09.